The van der Waals surface area contributed by atoms with Gasteiger partial charge in [-0.2, -0.15) is 0 Å². The van der Waals surface area contributed by atoms with Gasteiger partial charge in [0.25, 0.3) is 0 Å². The summed E-state index contributed by atoms with van der Waals surface area (Å²) in [4.78, 5) is 2.05. The lowest BCUT2D eigenvalue weighted by molar-refractivity contribution is 0.627. The van der Waals surface area contributed by atoms with Crippen LogP contribution in [0.4, 0.5) is 4.39 Å². The molecule has 2 aliphatic rings. The number of hydrogen-bond donors (Lipinski definition) is 1. The Labute approximate surface area is 131 Å². The van der Waals surface area contributed by atoms with E-state index >= 15 is 0 Å². The Hall–Kier alpha value is -2.53. The zero-order valence-corrected chi connectivity index (χ0v) is 12.3. The smallest absolute Gasteiger partial charge is 0.196 e. The Kier molecular flexibility index (Phi) is 3.20. The Morgan fingerprint density at radius 2 is 1.73 bits per heavy atom. The Balaban J connectivity index is 1.69. The molecular formula is C17H12FN3S. The van der Waals surface area contributed by atoms with Crippen molar-refractivity contribution in [3.63, 3.8) is 0 Å². The fourth-order valence-electron chi connectivity index (χ4n) is 2.38. The zero-order valence-electron chi connectivity index (χ0n) is 11.5. The molecule has 0 saturated heterocycles. The lowest BCUT2D eigenvalue weighted by atomic mass is 10.1. The van der Waals surface area contributed by atoms with Gasteiger partial charge in [0.05, 0.1) is 11.4 Å². The van der Waals surface area contributed by atoms with Crippen LogP contribution in [0.15, 0.2) is 71.3 Å². The molecule has 0 atom stereocenters. The maximum atomic E-state index is 13.1. The van der Waals surface area contributed by atoms with Crippen molar-refractivity contribution < 1.29 is 4.39 Å². The molecule has 0 amide bonds. The van der Waals surface area contributed by atoms with Crippen molar-refractivity contribution in [2.75, 3.05) is 0 Å². The van der Waals surface area contributed by atoms with Crippen LogP contribution in [-0.2, 0) is 0 Å². The van der Waals surface area contributed by atoms with E-state index in [2.05, 4.69) is 33.0 Å². The molecule has 4 rings (SSSR count). The minimum absolute atomic E-state index is 0.244. The minimum atomic E-state index is -0.244. The summed E-state index contributed by atoms with van der Waals surface area (Å²) in [6, 6.07) is 16.6. The van der Waals surface area contributed by atoms with Crippen LogP contribution in [0.3, 0.4) is 0 Å². The number of rotatable bonds is 2. The molecule has 2 aliphatic heterocycles. The van der Waals surface area contributed by atoms with Gasteiger partial charge in [0, 0.05) is 17.2 Å². The van der Waals surface area contributed by atoms with Crippen LogP contribution in [0, 0.1) is 5.82 Å². The standard InChI is InChI=1S/C17H12FN3S/c18-14-8-6-12(7-9-14)15-10-21-16(11-22-17(21)20-19-15)13-4-2-1-3-5-13/h1-11,19H. The van der Waals surface area contributed by atoms with Crippen molar-refractivity contribution >= 4 is 28.3 Å². The molecule has 0 saturated carbocycles. The average molecular weight is 309 g/mol. The van der Waals surface area contributed by atoms with Gasteiger partial charge in [-0.25, -0.2) is 4.39 Å². The Bertz CT molecular complexity index is 794. The molecular weight excluding hydrogens is 297 g/mol. The van der Waals surface area contributed by atoms with Crippen molar-refractivity contribution in [1.29, 1.82) is 0 Å². The van der Waals surface area contributed by atoms with Crippen LogP contribution in [0.25, 0.3) is 11.4 Å². The minimum Gasteiger partial charge on any atom is -0.291 e. The predicted molar refractivity (Wildman–Crippen MR) is 88.8 cm³/mol. The van der Waals surface area contributed by atoms with Crippen molar-refractivity contribution in [2.45, 2.75) is 0 Å². The quantitative estimate of drug-likeness (QED) is 0.907. The number of hydrazone groups is 1. The van der Waals surface area contributed by atoms with Crippen LogP contribution < -0.4 is 5.43 Å². The van der Waals surface area contributed by atoms with Gasteiger partial charge in [-0.3, -0.25) is 10.3 Å². The highest BCUT2D eigenvalue weighted by molar-refractivity contribution is 8.16. The molecule has 2 aromatic carbocycles. The van der Waals surface area contributed by atoms with Gasteiger partial charge >= 0.3 is 0 Å². The molecule has 0 spiro atoms. The van der Waals surface area contributed by atoms with Crippen LogP contribution in [-0.4, -0.2) is 10.1 Å². The highest BCUT2D eigenvalue weighted by Gasteiger charge is 2.26. The summed E-state index contributed by atoms with van der Waals surface area (Å²) in [6.45, 7) is 0. The third kappa shape index (κ3) is 2.29. The molecule has 0 aliphatic carbocycles. The van der Waals surface area contributed by atoms with Gasteiger partial charge in [0.15, 0.2) is 5.17 Å². The number of nitrogens with one attached hydrogen (secondary N) is 1. The largest absolute Gasteiger partial charge is 0.291 e. The number of halogens is 1. The van der Waals surface area contributed by atoms with Crippen molar-refractivity contribution in [3.05, 3.63) is 83.1 Å². The number of fused-ring (bicyclic) bond motifs is 1. The molecule has 0 radical (unpaired) electrons. The number of amidine groups is 1. The first-order valence-corrected chi connectivity index (χ1v) is 7.72. The van der Waals surface area contributed by atoms with Crippen molar-refractivity contribution in [2.24, 2.45) is 5.10 Å². The lowest BCUT2D eigenvalue weighted by Crippen LogP contribution is -2.26. The maximum absolute atomic E-state index is 13.1. The molecule has 2 aromatic rings. The fourth-order valence-corrected chi connectivity index (χ4v) is 3.21. The second-order valence-corrected chi connectivity index (χ2v) is 5.75. The molecule has 2 heterocycles. The SMILES string of the molecule is Fc1ccc(C2=CN3C(c4ccccc4)=CSC3=NN2)cc1. The summed E-state index contributed by atoms with van der Waals surface area (Å²) in [6.07, 6.45) is 1.99. The molecule has 0 aromatic heterocycles. The van der Waals surface area contributed by atoms with Crippen LogP contribution in [0.5, 0.6) is 0 Å². The van der Waals surface area contributed by atoms with E-state index in [0.717, 1.165) is 27.7 Å². The second kappa shape index (κ2) is 5.35. The second-order valence-electron chi connectivity index (χ2n) is 4.91. The summed E-state index contributed by atoms with van der Waals surface area (Å²) >= 11 is 1.58. The van der Waals surface area contributed by atoms with E-state index in [1.165, 1.54) is 12.1 Å². The Morgan fingerprint density at radius 3 is 2.50 bits per heavy atom. The van der Waals surface area contributed by atoms with Crippen LogP contribution in [0.2, 0.25) is 0 Å². The summed E-state index contributed by atoms with van der Waals surface area (Å²) < 4.78 is 13.1. The first kappa shape index (κ1) is 13.2. The molecule has 0 unspecified atom stereocenters. The van der Waals surface area contributed by atoms with E-state index < -0.39 is 0 Å². The van der Waals surface area contributed by atoms with Gasteiger partial charge in [0.2, 0.25) is 0 Å². The van der Waals surface area contributed by atoms with E-state index in [9.17, 15) is 4.39 Å². The summed E-state index contributed by atoms with van der Waals surface area (Å²) in [7, 11) is 0. The lowest BCUT2D eigenvalue weighted by Gasteiger charge is -2.24. The number of benzene rings is 2. The summed E-state index contributed by atoms with van der Waals surface area (Å²) in [5, 5.41) is 7.35. The number of thioether (sulfide) groups is 1. The molecule has 3 nitrogen and oxygen atoms in total. The average Bonchev–Trinajstić information content (AvgIpc) is 2.99. The first-order valence-electron chi connectivity index (χ1n) is 6.84. The Morgan fingerprint density at radius 1 is 0.955 bits per heavy atom. The van der Waals surface area contributed by atoms with E-state index in [4.69, 9.17) is 0 Å². The van der Waals surface area contributed by atoms with Crippen molar-refractivity contribution in [1.82, 2.24) is 10.3 Å². The maximum Gasteiger partial charge on any atom is 0.196 e. The molecule has 1 N–H and O–H groups in total. The monoisotopic (exact) mass is 309 g/mol. The van der Waals surface area contributed by atoms with E-state index in [1.807, 2.05) is 24.4 Å². The number of hydrogen-bond acceptors (Lipinski definition) is 4. The van der Waals surface area contributed by atoms with Gasteiger partial charge in [-0.05, 0) is 29.8 Å². The van der Waals surface area contributed by atoms with E-state index in [0.29, 0.717) is 0 Å². The van der Waals surface area contributed by atoms with Crippen LogP contribution >= 0.6 is 11.8 Å². The third-order valence-corrected chi connectivity index (χ3v) is 4.34. The molecule has 108 valence electrons. The first-order chi connectivity index (χ1) is 10.8. The number of nitrogens with zero attached hydrogens (tertiary/aromatic N) is 2. The van der Waals surface area contributed by atoms with Gasteiger partial charge < -0.3 is 0 Å². The van der Waals surface area contributed by atoms with Crippen molar-refractivity contribution in [3.8, 4) is 0 Å². The fraction of sp³-hybridized carbons (Fsp3) is 0. The molecule has 5 heteroatoms. The van der Waals surface area contributed by atoms with Crippen LogP contribution in [0.1, 0.15) is 11.1 Å². The summed E-state index contributed by atoms with van der Waals surface area (Å²) in [5.41, 5.74) is 6.99. The van der Waals surface area contributed by atoms with Gasteiger partial charge in [0.1, 0.15) is 5.82 Å². The highest BCUT2D eigenvalue weighted by Crippen LogP contribution is 2.36. The van der Waals surface area contributed by atoms with Gasteiger partial charge in [-0.15, -0.1) is 5.10 Å². The topological polar surface area (TPSA) is 27.6 Å². The molecule has 22 heavy (non-hydrogen) atoms. The highest BCUT2D eigenvalue weighted by atomic mass is 32.2. The molecule has 0 fully saturated rings. The third-order valence-electron chi connectivity index (χ3n) is 3.50. The van der Waals surface area contributed by atoms with Gasteiger partial charge in [-0.1, -0.05) is 42.1 Å². The predicted octanol–water partition coefficient (Wildman–Crippen LogP) is 4.05. The van der Waals surface area contributed by atoms with E-state index in [-0.39, 0.29) is 5.82 Å². The van der Waals surface area contributed by atoms with E-state index in [1.54, 1.807) is 23.9 Å². The zero-order chi connectivity index (χ0) is 14.9. The normalized spacial score (nSPS) is 16.4. The summed E-state index contributed by atoms with van der Waals surface area (Å²) in [5.74, 6) is -0.244. The molecule has 0 bridgehead atoms.